The fraction of sp³-hybridized carbons (Fsp3) is 0. The van der Waals surface area contributed by atoms with E-state index in [9.17, 15) is 0 Å². The second-order valence-corrected chi connectivity index (χ2v) is 12.0. The van der Waals surface area contributed by atoms with Crippen molar-refractivity contribution in [1.29, 1.82) is 10.8 Å². The van der Waals surface area contributed by atoms with Crippen molar-refractivity contribution in [2.45, 2.75) is 0 Å². The predicted octanol–water partition coefficient (Wildman–Crippen LogP) is 24.7. The molecule has 0 heterocycles. The van der Waals surface area contributed by atoms with Crippen LogP contribution in [0.15, 0.2) is 695 Å². The lowest BCUT2D eigenvalue weighted by atomic mass is 11.5. The van der Waals surface area contributed by atoms with Crippen LogP contribution in [0.1, 0.15) is 0 Å². The Morgan fingerprint density at radius 3 is 0.162 bits per heavy atom. The van der Waals surface area contributed by atoms with Gasteiger partial charge >= 0.3 is 0 Å². The lowest BCUT2D eigenvalue weighted by Gasteiger charge is -1.71. The van der Waals surface area contributed by atoms with E-state index in [1.807, 2.05) is 0 Å². The summed E-state index contributed by atoms with van der Waals surface area (Å²) in [7, 11) is 0. The van der Waals surface area contributed by atoms with Crippen LogP contribution in [0.4, 0.5) is 0 Å². The molecule has 135 heteroatoms. The fourth-order valence-electron chi connectivity index (χ4n) is 2.37. The summed E-state index contributed by atoms with van der Waals surface area (Å²) in [6.45, 7) is 0. The number of rotatable bonds is 66. The summed E-state index contributed by atoms with van der Waals surface area (Å²) >= 11 is 0. The topological polar surface area (TPSA) is 1690 Å². The molecule has 136 heavy (non-hydrogen) atoms. The molecular weight excluding hydrogens is 1900 g/mol. The largest absolute Gasteiger partial charge is 0.227 e. The number of nitriles is 1. The van der Waals surface area contributed by atoms with Crippen molar-refractivity contribution in [3.63, 3.8) is 0 Å². The Hall–Kier alpha value is -27.3. The van der Waals surface area contributed by atoms with Gasteiger partial charge < -0.3 is 0 Å². The summed E-state index contributed by atoms with van der Waals surface area (Å²) in [5.74, 6) is 0. The van der Waals surface area contributed by atoms with Gasteiger partial charge in [-0.05, 0) is 88.7 Å². The van der Waals surface area contributed by atoms with Crippen LogP contribution < -0.4 is 0 Å². The molecule has 0 unspecified atom stereocenters. The van der Waals surface area contributed by atoms with Crippen LogP contribution in [0.5, 0.6) is 0 Å². The zero-order valence-corrected chi connectivity index (χ0v) is 60.9. The van der Waals surface area contributed by atoms with E-state index in [4.69, 9.17) is 10.8 Å². The van der Waals surface area contributed by atoms with Gasteiger partial charge in [0.2, 0.25) is 6.19 Å². The quantitative estimate of drug-likeness (QED) is 0.0346. The minimum Gasteiger partial charge on any atom is -0.183 e. The molecule has 0 aromatic carbocycles. The van der Waals surface area contributed by atoms with Crippen molar-refractivity contribution < 1.29 is 0 Å². The lowest BCUT2D eigenvalue weighted by Crippen LogP contribution is -1.52. The highest BCUT2D eigenvalue weighted by atomic mass is 15.8. The van der Waals surface area contributed by atoms with Gasteiger partial charge in [0.1, 0.15) is 0 Å². The Kier molecular flexibility index (Phi) is 86.1. The van der Waals surface area contributed by atoms with Crippen molar-refractivity contribution in [1.82, 2.24) is 0 Å². The van der Waals surface area contributed by atoms with E-state index in [0.29, 0.717) is 0 Å². The highest BCUT2D eigenvalue weighted by molar-refractivity contribution is 4.56. The molecule has 0 aliphatic carbocycles. The molecule has 0 rings (SSSR count). The van der Waals surface area contributed by atoms with Crippen molar-refractivity contribution in [3.8, 4) is 6.19 Å². The third-order valence-corrected chi connectivity index (χ3v) is 5.33. The first-order chi connectivity index (χ1) is 67.9. The molecule has 0 aromatic rings. The van der Waals surface area contributed by atoms with Crippen LogP contribution in [0.3, 0.4) is 0 Å². The third-order valence-electron chi connectivity index (χ3n) is 5.33. The SMILES string of the molecule is N#CN=NN=NN=NN=NN=NN=NN=NN=NN=NN=NN=NN=NN=NN=NN=NN=NN=NN=NN=NN=NN=NN=NN=NN=NN=NN=NN=NN=NN=NN=NN=NN=NN=NN=NN=NN=NN=NN=NN=NN=NN=NN=NN=NN=NN=NN=NN=NN=NN=NN=NN=NN=NN=NN=NN=NN=NN=NN=NN=NN=NN=NN=NN=NN=NN=NN=NN=N. The third kappa shape index (κ3) is 107. The van der Waals surface area contributed by atoms with E-state index >= 15 is 0 Å². The summed E-state index contributed by atoms with van der Waals surface area (Å²) in [6.07, 6.45) is 1.31. The van der Waals surface area contributed by atoms with E-state index < -0.39 is 0 Å². The number of hydrogen-bond acceptors (Lipinski definition) is 3. The first-order valence-electron chi connectivity index (χ1n) is 27.1. The van der Waals surface area contributed by atoms with E-state index in [-0.39, 0.29) is 0 Å². The molecule has 0 aliphatic rings. The highest BCUT2D eigenvalue weighted by Gasteiger charge is 1.84. The van der Waals surface area contributed by atoms with Crippen LogP contribution in [-0.4, -0.2) is 0 Å². The molecule has 680 valence electrons. The summed E-state index contributed by atoms with van der Waals surface area (Å²) in [5.41, 5.74) is 6.28. The molecule has 0 saturated carbocycles. The number of nitrogens with one attached hydrogen (secondary N) is 1. The van der Waals surface area contributed by atoms with Crippen molar-refractivity contribution in [2.75, 3.05) is 0 Å². The maximum absolute atomic E-state index is 8.04. The smallest absolute Gasteiger partial charge is 0.183 e. The molecule has 135 nitrogen and oxygen atoms in total. The number of nitrogens with zero attached hydrogens (tertiary/aromatic N) is 134. The van der Waals surface area contributed by atoms with Crippen LogP contribution >= 0.6 is 0 Å². The molecular formula is CHN135. The van der Waals surface area contributed by atoms with Gasteiger partial charge in [0.25, 0.3) is 0 Å². The van der Waals surface area contributed by atoms with Crippen LogP contribution in [0, 0.1) is 17.0 Å². The lowest BCUT2D eigenvalue weighted by molar-refractivity contribution is 0.722. The molecule has 0 bridgehead atoms. The molecule has 0 spiro atoms. The first-order valence-corrected chi connectivity index (χ1v) is 27.1. The van der Waals surface area contributed by atoms with Crippen LogP contribution in [0.2, 0.25) is 0 Å². The average molecular weight is 1900 g/mol. The molecule has 0 aromatic heterocycles. The highest BCUT2D eigenvalue weighted by Crippen LogP contribution is 2.02. The van der Waals surface area contributed by atoms with E-state index in [1.54, 1.807) is 0 Å². The van der Waals surface area contributed by atoms with Gasteiger partial charge in [-0.25, -0.2) is 0 Å². The summed E-state index contributed by atoms with van der Waals surface area (Å²) in [4.78, 5) is 0. The Morgan fingerprint density at radius 2 is 0.118 bits per heavy atom. The molecule has 0 radical (unpaired) electrons. The van der Waals surface area contributed by atoms with Gasteiger partial charge in [0.05, 0.1) is 0 Å². The predicted molar refractivity (Wildman–Crippen MR) is 331 cm³/mol. The maximum atomic E-state index is 8.04. The zero-order valence-electron chi connectivity index (χ0n) is 60.9. The van der Waals surface area contributed by atoms with Crippen molar-refractivity contribution >= 4 is 0 Å². The minimum absolute atomic E-state index is 1.31. The Morgan fingerprint density at radius 1 is 0.0735 bits per heavy atom. The van der Waals surface area contributed by atoms with Gasteiger partial charge in [-0.1, -0.05) is 0 Å². The second kappa shape index (κ2) is 108. The zero-order chi connectivity index (χ0) is 96.8. The average Bonchev–Trinajstić information content (AvgIpc) is 1.10. The van der Waals surface area contributed by atoms with Gasteiger partial charge in [-0.15, -0.1) is 0 Å². The van der Waals surface area contributed by atoms with Crippen LogP contribution in [-0.2, 0) is 0 Å². The molecule has 0 atom stereocenters. The summed E-state index contributed by atoms with van der Waals surface area (Å²) in [5, 5.41) is 405. The van der Waals surface area contributed by atoms with Gasteiger partial charge in [-0.3, -0.25) is 0 Å². The van der Waals surface area contributed by atoms with Crippen molar-refractivity contribution in [2.24, 2.45) is 695 Å². The van der Waals surface area contributed by atoms with Gasteiger partial charge in [-0.2, -0.15) is 10.8 Å². The summed E-state index contributed by atoms with van der Waals surface area (Å²) in [6, 6.07) is 0. The fourth-order valence-corrected chi connectivity index (χ4v) is 2.37. The van der Waals surface area contributed by atoms with Crippen LogP contribution in [0.25, 0.3) is 0 Å². The van der Waals surface area contributed by atoms with Gasteiger partial charge in [0.15, 0.2) is 0 Å². The van der Waals surface area contributed by atoms with Gasteiger partial charge in [0, 0.05) is 606 Å². The Balaban J connectivity index is 4.14. The standard InChI is InChI=1S/CHN135/c2-1-4-6-8-10-12-14-16-18-20-22-24-26-28-30-32-34-36-38-40-42-44-46-48-50-52-54-56-58-60-62-64-66-68-70-72-74-76-78-80-82-84-86-88-90-92-94-96-98-100-102-104-106-108-110-112-114-116-118-120-122-124-126-128-130-132-134-136-135-133-131-129-127-125-123-121-119-117-115-113-111-109-107-105-103-101-99-97-95-93-91-89-87-85-83-81-79-77-75-73-71-69-67-65-63-61-59-57-55-53-51-49-47-45-43-41-39-37-35-33-31-29-27-25-23-21-19-17-15-13-11-9-7-5-3/h3H. The molecule has 1 N–H and O–H groups in total. The van der Waals surface area contributed by atoms with Crippen molar-refractivity contribution in [3.05, 3.63) is 0 Å². The second-order valence-electron chi connectivity index (χ2n) is 12.0. The first kappa shape index (κ1) is 109. The Labute approximate surface area is 711 Å². The normalized spacial score (nSPS) is 15.6. The minimum atomic E-state index is 1.31. The molecule has 0 aliphatic heterocycles. The molecule has 0 saturated heterocycles. The summed E-state index contributed by atoms with van der Waals surface area (Å²) < 4.78 is 0. The monoisotopic (exact) mass is 1900 g/mol. The van der Waals surface area contributed by atoms with E-state index in [1.165, 1.54) is 6.19 Å². The maximum Gasteiger partial charge on any atom is 0.227 e. The van der Waals surface area contributed by atoms with E-state index in [2.05, 4.69) is 695 Å². The van der Waals surface area contributed by atoms with E-state index in [0.717, 1.165) is 0 Å². The molecule has 0 fully saturated rings. The number of hydrogen-bond donors (Lipinski definition) is 1. The Bertz CT molecular complexity index is 5020. The molecule has 0 amide bonds.